The predicted octanol–water partition coefficient (Wildman–Crippen LogP) is 6.04. The third-order valence-corrected chi connectivity index (χ3v) is 6.78. The Morgan fingerprint density at radius 1 is 0.921 bits per heavy atom. The summed E-state index contributed by atoms with van der Waals surface area (Å²) in [5, 5.41) is 14.5. The lowest BCUT2D eigenvalue weighted by atomic mass is 9.86. The average Bonchev–Trinajstić information content (AvgIpc) is 2.95. The standard InChI is InChI=1S/C30H29N3O5/c34-29(32-28-7-3-4-15-31-28)38-19-21-8-12-24(13-9-21)26-14-16-33(30(35)36)18-27(26)37-20-22-10-11-23-5-1-2-6-25(23)17-22/h1-13,15,17,26-27H,14,16,18-20H2,(H,35,36)(H,31,32,34). The summed E-state index contributed by atoms with van der Waals surface area (Å²) in [5.41, 5.74) is 2.97. The molecule has 38 heavy (non-hydrogen) atoms. The van der Waals surface area contributed by atoms with Crippen LogP contribution < -0.4 is 5.32 Å². The Morgan fingerprint density at radius 2 is 1.68 bits per heavy atom. The van der Waals surface area contributed by atoms with Crippen molar-refractivity contribution in [3.8, 4) is 0 Å². The van der Waals surface area contributed by atoms with Crippen LogP contribution in [0.25, 0.3) is 10.8 Å². The molecular formula is C30H29N3O5. The first-order chi connectivity index (χ1) is 18.5. The van der Waals surface area contributed by atoms with Gasteiger partial charge in [-0.05, 0) is 52.1 Å². The van der Waals surface area contributed by atoms with Crippen LogP contribution in [0.3, 0.4) is 0 Å². The molecule has 2 heterocycles. The van der Waals surface area contributed by atoms with Crippen molar-refractivity contribution in [3.63, 3.8) is 0 Å². The van der Waals surface area contributed by atoms with Crippen LogP contribution in [0.1, 0.15) is 29.0 Å². The zero-order valence-electron chi connectivity index (χ0n) is 20.8. The van der Waals surface area contributed by atoms with Crippen molar-refractivity contribution < 1.29 is 24.2 Å². The summed E-state index contributed by atoms with van der Waals surface area (Å²) in [6.45, 7) is 1.29. The number of carbonyl (C=O) groups is 2. The number of hydrogen-bond donors (Lipinski definition) is 2. The van der Waals surface area contributed by atoms with E-state index in [2.05, 4.69) is 34.6 Å². The number of carbonyl (C=O) groups excluding carboxylic acids is 1. The molecule has 0 bridgehead atoms. The molecule has 1 aliphatic rings. The van der Waals surface area contributed by atoms with Gasteiger partial charge in [0, 0.05) is 18.7 Å². The Morgan fingerprint density at radius 3 is 2.45 bits per heavy atom. The molecule has 1 fully saturated rings. The van der Waals surface area contributed by atoms with Crippen LogP contribution in [0, 0.1) is 0 Å². The van der Waals surface area contributed by atoms with E-state index in [1.165, 1.54) is 10.3 Å². The maximum Gasteiger partial charge on any atom is 0.413 e. The number of nitrogens with one attached hydrogen (secondary N) is 1. The number of pyridine rings is 1. The molecular weight excluding hydrogens is 482 g/mol. The van der Waals surface area contributed by atoms with Gasteiger partial charge in [0.2, 0.25) is 0 Å². The van der Waals surface area contributed by atoms with Crippen molar-refractivity contribution in [3.05, 3.63) is 108 Å². The number of rotatable bonds is 7. The van der Waals surface area contributed by atoms with E-state index in [1.54, 1.807) is 24.4 Å². The molecule has 194 valence electrons. The molecule has 2 unspecified atom stereocenters. The lowest BCUT2D eigenvalue weighted by Crippen LogP contribution is -2.46. The summed E-state index contributed by atoms with van der Waals surface area (Å²) < 4.78 is 11.7. The summed E-state index contributed by atoms with van der Waals surface area (Å²) in [5.74, 6) is 0.476. The lowest BCUT2D eigenvalue weighted by molar-refractivity contribution is -0.0199. The first-order valence-electron chi connectivity index (χ1n) is 12.6. The first kappa shape index (κ1) is 25.2. The summed E-state index contributed by atoms with van der Waals surface area (Å²) in [4.78, 5) is 29.2. The van der Waals surface area contributed by atoms with Gasteiger partial charge in [-0.2, -0.15) is 0 Å². The molecule has 8 nitrogen and oxygen atoms in total. The number of anilines is 1. The smallest absolute Gasteiger partial charge is 0.413 e. The van der Waals surface area contributed by atoms with Gasteiger partial charge in [-0.3, -0.25) is 5.32 Å². The molecule has 2 atom stereocenters. The molecule has 8 heteroatoms. The predicted molar refractivity (Wildman–Crippen MR) is 144 cm³/mol. The van der Waals surface area contributed by atoms with Crippen LogP contribution in [0.2, 0.25) is 0 Å². The lowest BCUT2D eigenvalue weighted by Gasteiger charge is -2.37. The van der Waals surface area contributed by atoms with Gasteiger partial charge in [-0.25, -0.2) is 14.6 Å². The second kappa shape index (κ2) is 11.7. The minimum Gasteiger partial charge on any atom is -0.465 e. The van der Waals surface area contributed by atoms with E-state index < -0.39 is 12.2 Å². The van der Waals surface area contributed by atoms with E-state index in [1.807, 2.05) is 42.5 Å². The van der Waals surface area contributed by atoms with Crippen molar-refractivity contribution in [2.24, 2.45) is 0 Å². The summed E-state index contributed by atoms with van der Waals surface area (Å²) >= 11 is 0. The zero-order chi connectivity index (χ0) is 26.3. The van der Waals surface area contributed by atoms with Crippen molar-refractivity contribution in [2.45, 2.75) is 31.7 Å². The molecule has 0 spiro atoms. The van der Waals surface area contributed by atoms with Crippen LogP contribution in [0.15, 0.2) is 91.1 Å². The van der Waals surface area contributed by atoms with E-state index in [0.29, 0.717) is 31.9 Å². The summed E-state index contributed by atoms with van der Waals surface area (Å²) in [6.07, 6.45) is 0.471. The topological polar surface area (TPSA) is 101 Å². The molecule has 0 saturated carbocycles. The number of fused-ring (bicyclic) bond motifs is 1. The van der Waals surface area contributed by atoms with Gasteiger partial charge in [0.05, 0.1) is 19.3 Å². The van der Waals surface area contributed by atoms with Crippen LogP contribution >= 0.6 is 0 Å². The van der Waals surface area contributed by atoms with Gasteiger partial charge in [0.1, 0.15) is 12.4 Å². The van der Waals surface area contributed by atoms with Crippen LogP contribution in [0.4, 0.5) is 15.4 Å². The maximum atomic E-state index is 12.0. The van der Waals surface area contributed by atoms with Crippen molar-refractivity contribution in [2.75, 3.05) is 18.4 Å². The van der Waals surface area contributed by atoms with E-state index in [-0.39, 0.29) is 18.6 Å². The minimum atomic E-state index is -0.931. The van der Waals surface area contributed by atoms with Crippen LogP contribution in [-0.4, -0.2) is 46.4 Å². The molecule has 2 amide bonds. The second-order valence-corrected chi connectivity index (χ2v) is 9.31. The van der Waals surface area contributed by atoms with E-state index in [4.69, 9.17) is 9.47 Å². The number of hydrogen-bond acceptors (Lipinski definition) is 5. The highest BCUT2D eigenvalue weighted by Gasteiger charge is 2.33. The molecule has 2 N–H and O–H groups in total. The Hall–Kier alpha value is -4.43. The average molecular weight is 512 g/mol. The number of ether oxygens (including phenoxy) is 2. The molecule has 1 saturated heterocycles. The van der Waals surface area contributed by atoms with Crippen molar-refractivity contribution in [1.29, 1.82) is 0 Å². The summed E-state index contributed by atoms with van der Waals surface area (Å²) in [6, 6.07) is 27.5. The highest BCUT2D eigenvalue weighted by molar-refractivity contribution is 5.83. The number of amides is 2. The fourth-order valence-electron chi connectivity index (χ4n) is 4.76. The second-order valence-electron chi connectivity index (χ2n) is 9.31. The highest BCUT2D eigenvalue weighted by Crippen LogP contribution is 2.32. The van der Waals surface area contributed by atoms with Gasteiger partial charge in [-0.1, -0.05) is 66.7 Å². The van der Waals surface area contributed by atoms with E-state index >= 15 is 0 Å². The monoisotopic (exact) mass is 511 g/mol. The van der Waals surface area contributed by atoms with Crippen LogP contribution in [-0.2, 0) is 22.7 Å². The SMILES string of the molecule is O=C(Nc1ccccn1)OCc1ccc(C2CCN(C(=O)O)CC2OCc2ccc3ccccc3c2)cc1. The summed E-state index contributed by atoms with van der Waals surface area (Å²) in [7, 11) is 0. The van der Waals surface area contributed by atoms with Crippen molar-refractivity contribution in [1.82, 2.24) is 9.88 Å². The minimum absolute atomic E-state index is 0.0495. The highest BCUT2D eigenvalue weighted by atomic mass is 16.5. The number of piperidine rings is 1. The Bertz CT molecular complexity index is 1390. The Labute approximate surface area is 220 Å². The maximum absolute atomic E-state index is 12.0. The first-order valence-corrected chi connectivity index (χ1v) is 12.6. The van der Waals surface area contributed by atoms with E-state index in [9.17, 15) is 14.7 Å². The number of benzene rings is 3. The Balaban J connectivity index is 1.22. The number of nitrogens with zero attached hydrogens (tertiary/aromatic N) is 2. The van der Waals surface area contributed by atoms with Crippen LogP contribution in [0.5, 0.6) is 0 Å². The van der Waals surface area contributed by atoms with Gasteiger partial charge in [0.25, 0.3) is 0 Å². The molecule has 0 aliphatic carbocycles. The third-order valence-electron chi connectivity index (χ3n) is 6.78. The molecule has 1 aliphatic heterocycles. The number of carboxylic acid groups (broad SMARTS) is 1. The fourth-order valence-corrected chi connectivity index (χ4v) is 4.76. The Kier molecular flexibility index (Phi) is 7.80. The number of aromatic nitrogens is 1. The molecule has 5 rings (SSSR count). The molecule has 0 radical (unpaired) electrons. The number of likely N-dealkylation sites (tertiary alicyclic amines) is 1. The fraction of sp³-hybridized carbons (Fsp3) is 0.233. The third kappa shape index (κ3) is 6.27. The van der Waals surface area contributed by atoms with Gasteiger partial charge in [-0.15, -0.1) is 0 Å². The normalized spacial score (nSPS) is 17.2. The molecule has 4 aromatic rings. The molecule has 3 aromatic carbocycles. The van der Waals surface area contributed by atoms with Gasteiger partial charge < -0.3 is 19.5 Å². The van der Waals surface area contributed by atoms with E-state index in [0.717, 1.165) is 22.1 Å². The zero-order valence-corrected chi connectivity index (χ0v) is 20.8. The largest absolute Gasteiger partial charge is 0.465 e. The molecule has 1 aromatic heterocycles. The van der Waals surface area contributed by atoms with Crippen molar-refractivity contribution >= 4 is 28.8 Å². The quantitative estimate of drug-likeness (QED) is 0.314. The van der Waals surface area contributed by atoms with Gasteiger partial charge in [0.15, 0.2) is 0 Å². The van der Waals surface area contributed by atoms with Gasteiger partial charge >= 0.3 is 12.2 Å².